The van der Waals surface area contributed by atoms with Gasteiger partial charge in [-0.1, -0.05) is 26.7 Å². The molecule has 0 aliphatic rings. The lowest BCUT2D eigenvalue weighted by molar-refractivity contribution is 0.114. The van der Waals surface area contributed by atoms with E-state index in [1.807, 2.05) is 6.92 Å². The van der Waals surface area contributed by atoms with Crippen molar-refractivity contribution in [1.82, 2.24) is 9.55 Å². The summed E-state index contributed by atoms with van der Waals surface area (Å²) in [4.78, 5) is 15.9. The quantitative estimate of drug-likeness (QED) is 0.772. The molecular formula is C13H23N3O2. The maximum absolute atomic E-state index is 11.9. The third kappa shape index (κ3) is 3.57. The highest BCUT2D eigenvalue weighted by molar-refractivity contribution is 5.30. The summed E-state index contributed by atoms with van der Waals surface area (Å²) in [6.07, 6.45) is 4.67. The highest BCUT2D eigenvalue weighted by Gasteiger charge is 2.15. The normalized spacial score (nSPS) is 12.7. The Labute approximate surface area is 108 Å². The summed E-state index contributed by atoms with van der Waals surface area (Å²) < 4.78 is 1.58. The van der Waals surface area contributed by atoms with Gasteiger partial charge in [-0.2, -0.15) is 0 Å². The van der Waals surface area contributed by atoms with E-state index in [1.165, 1.54) is 0 Å². The monoisotopic (exact) mass is 253 g/mol. The average Bonchev–Trinajstić information content (AvgIpc) is 2.39. The Bertz CT molecular complexity index is 413. The molecule has 0 saturated heterocycles. The fourth-order valence-corrected chi connectivity index (χ4v) is 2.02. The van der Waals surface area contributed by atoms with Crippen molar-refractivity contribution in [2.24, 2.45) is 5.92 Å². The summed E-state index contributed by atoms with van der Waals surface area (Å²) in [5.41, 5.74) is -0.142. The Kier molecular flexibility index (Phi) is 5.85. The molecule has 0 aliphatic carbocycles. The minimum Gasteiger partial charge on any atom is -0.391 e. The van der Waals surface area contributed by atoms with Gasteiger partial charge in [-0.3, -0.25) is 4.79 Å². The van der Waals surface area contributed by atoms with Crippen molar-refractivity contribution in [1.29, 1.82) is 0 Å². The molecule has 1 heterocycles. The molecule has 2 N–H and O–H groups in total. The van der Waals surface area contributed by atoms with Crippen LogP contribution in [0.15, 0.2) is 17.2 Å². The van der Waals surface area contributed by atoms with E-state index in [0.29, 0.717) is 18.9 Å². The average molecular weight is 253 g/mol. The number of aromatic nitrogens is 2. The van der Waals surface area contributed by atoms with Crippen LogP contribution in [0.5, 0.6) is 0 Å². The largest absolute Gasteiger partial charge is 0.391 e. The maximum atomic E-state index is 11.9. The molecular weight excluding hydrogens is 230 g/mol. The third-order valence-corrected chi connectivity index (χ3v) is 3.33. The lowest BCUT2D eigenvalue weighted by atomic mass is 9.97. The number of nitrogens with one attached hydrogen (secondary N) is 1. The van der Waals surface area contributed by atoms with Gasteiger partial charge in [0.05, 0.1) is 6.10 Å². The van der Waals surface area contributed by atoms with Crippen molar-refractivity contribution in [2.75, 3.05) is 11.9 Å². The van der Waals surface area contributed by atoms with Gasteiger partial charge in [0, 0.05) is 25.5 Å². The van der Waals surface area contributed by atoms with Crippen LogP contribution >= 0.6 is 0 Å². The number of hydrogen-bond acceptors (Lipinski definition) is 4. The summed E-state index contributed by atoms with van der Waals surface area (Å²) in [6.45, 7) is 7.00. The third-order valence-electron chi connectivity index (χ3n) is 3.33. The molecule has 0 saturated carbocycles. The minimum atomic E-state index is -0.448. The maximum Gasteiger partial charge on any atom is 0.293 e. The van der Waals surface area contributed by atoms with Crippen molar-refractivity contribution in [3.63, 3.8) is 0 Å². The highest BCUT2D eigenvalue weighted by Crippen LogP contribution is 2.13. The van der Waals surface area contributed by atoms with Gasteiger partial charge in [0.2, 0.25) is 0 Å². The van der Waals surface area contributed by atoms with Gasteiger partial charge < -0.3 is 15.0 Å². The van der Waals surface area contributed by atoms with Crippen molar-refractivity contribution in [3.05, 3.63) is 22.7 Å². The van der Waals surface area contributed by atoms with E-state index >= 15 is 0 Å². The first kappa shape index (κ1) is 14.7. The number of rotatable bonds is 7. The van der Waals surface area contributed by atoms with Gasteiger partial charge in [0.25, 0.3) is 5.56 Å². The van der Waals surface area contributed by atoms with Crippen LogP contribution in [-0.2, 0) is 6.54 Å². The van der Waals surface area contributed by atoms with E-state index in [1.54, 1.807) is 17.0 Å². The van der Waals surface area contributed by atoms with Crippen LogP contribution in [0.4, 0.5) is 5.82 Å². The van der Waals surface area contributed by atoms with Gasteiger partial charge in [-0.15, -0.1) is 0 Å². The molecule has 0 aliphatic heterocycles. The Hall–Kier alpha value is -1.36. The lowest BCUT2D eigenvalue weighted by Crippen LogP contribution is -2.31. The number of aliphatic hydroxyl groups excluding tert-OH is 1. The van der Waals surface area contributed by atoms with Crippen LogP contribution in [-0.4, -0.2) is 27.3 Å². The summed E-state index contributed by atoms with van der Waals surface area (Å²) in [5, 5.41) is 12.9. The van der Waals surface area contributed by atoms with E-state index in [0.717, 1.165) is 12.8 Å². The van der Waals surface area contributed by atoms with E-state index < -0.39 is 6.10 Å². The molecule has 1 aromatic rings. The number of aliphatic hydroxyl groups is 1. The standard InChI is InChI=1S/C13H23N3O2/c1-4-10(5-2)11(17)9-15-12-13(18)16(6-3)8-7-14-12/h7-8,10-11,17H,4-6,9H2,1-3H3,(H,14,15). The summed E-state index contributed by atoms with van der Waals surface area (Å²) in [5.74, 6) is 0.568. The molecule has 0 radical (unpaired) electrons. The van der Waals surface area contributed by atoms with Crippen LogP contribution in [0.1, 0.15) is 33.6 Å². The van der Waals surface area contributed by atoms with E-state index in [-0.39, 0.29) is 11.5 Å². The predicted octanol–water partition coefficient (Wildman–Crippen LogP) is 1.47. The first-order chi connectivity index (χ1) is 8.63. The predicted molar refractivity (Wildman–Crippen MR) is 72.7 cm³/mol. The Balaban J connectivity index is 2.66. The fraction of sp³-hybridized carbons (Fsp3) is 0.692. The van der Waals surface area contributed by atoms with Crippen LogP contribution < -0.4 is 10.9 Å². The minimum absolute atomic E-state index is 0.142. The second kappa shape index (κ2) is 7.16. The van der Waals surface area contributed by atoms with E-state index in [9.17, 15) is 9.90 Å². The number of hydrogen-bond donors (Lipinski definition) is 2. The fourth-order valence-electron chi connectivity index (χ4n) is 2.02. The first-order valence-electron chi connectivity index (χ1n) is 6.61. The molecule has 1 unspecified atom stereocenters. The first-order valence-corrected chi connectivity index (χ1v) is 6.61. The molecule has 5 nitrogen and oxygen atoms in total. The SMILES string of the molecule is CCC(CC)C(O)CNc1nccn(CC)c1=O. The zero-order valence-corrected chi connectivity index (χ0v) is 11.4. The summed E-state index contributed by atoms with van der Waals surface area (Å²) in [7, 11) is 0. The van der Waals surface area contributed by atoms with Gasteiger partial charge in [0.1, 0.15) is 0 Å². The van der Waals surface area contributed by atoms with Crippen LogP contribution in [0.3, 0.4) is 0 Å². The van der Waals surface area contributed by atoms with Crippen molar-refractivity contribution in [2.45, 2.75) is 46.3 Å². The van der Waals surface area contributed by atoms with Crippen molar-refractivity contribution in [3.8, 4) is 0 Å². The number of nitrogens with zero attached hydrogens (tertiary/aromatic N) is 2. The van der Waals surface area contributed by atoms with E-state index in [2.05, 4.69) is 24.1 Å². The Morgan fingerprint density at radius 3 is 2.61 bits per heavy atom. The molecule has 1 atom stereocenters. The number of aryl methyl sites for hydroxylation is 1. The lowest BCUT2D eigenvalue weighted by Gasteiger charge is -2.20. The Morgan fingerprint density at radius 2 is 2.06 bits per heavy atom. The summed E-state index contributed by atoms with van der Waals surface area (Å²) >= 11 is 0. The van der Waals surface area contributed by atoms with E-state index in [4.69, 9.17) is 0 Å². The molecule has 1 rings (SSSR count). The molecule has 0 aromatic carbocycles. The van der Waals surface area contributed by atoms with Gasteiger partial charge in [0.15, 0.2) is 5.82 Å². The topological polar surface area (TPSA) is 67.2 Å². The van der Waals surface area contributed by atoms with Crippen molar-refractivity contribution < 1.29 is 5.11 Å². The second-order valence-electron chi connectivity index (χ2n) is 4.39. The van der Waals surface area contributed by atoms with Crippen LogP contribution in [0.25, 0.3) is 0 Å². The molecule has 1 aromatic heterocycles. The number of anilines is 1. The molecule has 5 heteroatoms. The molecule has 0 fully saturated rings. The molecule has 0 bridgehead atoms. The Morgan fingerprint density at radius 1 is 1.39 bits per heavy atom. The van der Waals surface area contributed by atoms with Crippen molar-refractivity contribution >= 4 is 5.82 Å². The zero-order valence-electron chi connectivity index (χ0n) is 11.4. The second-order valence-corrected chi connectivity index (χ2v) is 4.39. The van der Waals surface area contributed by atoms with Gasteiger partial charge in [-0.05, 0) is 12.8 Å². The highest BCUT2D eigenvalue weighted by atomic mass is 16.3. The van der Waals surface area contributed by atoms with Crippen LogP contribution in [0, 0.1) is 5.92 Å². The van der Waals surface area contributed by atoms with Gasteiger partial charge in [-0.25, -0.2) is 4.98 Å². The molecule has 18 heavy (non-hydrogen) atoms. The zero-order chi connectivity index (χ0) is 13.5. The molecule has 0 spiro atoms. The van der Waals surface area contributed by atoms with Gasteiger partial charge >= 0.3 is 0 Å². The van der Waals surface area contributed by atoms with Crippen LogP contribution in [0.2, 0.25) is 0 Å². The molecule has 102 valence electrons. The molecule has 0 amide bonds. The smallest absolute Gasteiger partial charge is 0.293 e. The summed E-state index contributed by atoms with van der Waals surface area (Å²) in [6, 6.07) is 0.